The molecule has 1 aliphatic rings. The number of amides is 1. The number of hydrogen-bond acceptors (Lipinski definition) is 2. The van der Waals surface area contributed by atoms with Gasteiger partial charge in [-0.25, -0.2) is 0 Å². The van der Waals surface area contributed by atoms with E-state index < -0.39 is 0 Å². The minimum Gasteiger partial charge on any atom is -0.330 e. The van der Waals surface area contributed by atoms with Gasteiger partial charge < -0.3 is 10.6 Å². The Bertz CT molecular complexity index is 389. The average Bonchev–Trinajstić information content (AvgIpc) is 2.60. The van der Waals surface area contributed by atoms with Crippen LogP contribution in [-0.2, 0) is 0 Å². The van der Waals surface area contributed by atoms with E-state index >= 15 is 0 Å². The summed E-state index contributed by atoms with van der Waals surface area (Å²) in [6, 6.07) is 7.87. The molecule has 1 aliphatic heterocycles. The van der Waals surface area contributed by atoms with Crippen molar-refractivity contribution in [3.63, 3.8) is 0 Å². The molecule has 1 atom stereocenters. The third-order valence-electron chi connectivity index (χ3n) is 3.16. The van der Waals surface area contributed by atoms with Crippen LogP contribution in [0.2, 0.25) is 0 Å². The molecule has 0 aromatic heterocycles. The van der Waals surface area contributed by atoms with Crippen molar-refractivity contribution in [3.8, 4) is 0 Å². The van der Waals surface area contributed by atoms with E-state index in [1.807, 2.05) is 29.2 Å². The van der Waals surface area contributed by atoms with E-state index in [4.69, 9.17) is 5.73 Å². The van der Waals surface area contributed by atoms with Crippen LogP contribution in [0.4, 0.5) is 0 Å². The van der Waals surface area contributed by atoms with Crippen LogP contribution in [0.25, 0.3) is 0 Å². The van der Waals surface area contributed by atoms with Crippen LogP contribution in [0, 0.1) is 0 Å². The fourth-order valence-electron chi connectivity index (χ4n) is 2.29. The lowest BCUT2D eigenvalue weighted by molar-refractivity contribution is 0.0727. The molecule has 1 heterocycles. The molecule has 2 N–H and O–H groups in total. The van der Waals surface area contributed by atoms with Crippen molar-refractivity contribution in [2.75, 3.05) is 13.1 Å². The molecule has 16 heavy (non-hydrogen) atoms. The van der Waals surface area contributed by atoms with E-state index in [1.165, 1.54) is 0 Å². The molecular weight excluding hydrogens is 200 g/mol. The molecule has 0 radical (unpaired) electrons. The minimum atomic E-state index is 0.0789. The van der Waals surface area contributed by atoms with Crippen molar-refractivity contribution in [1.82, 2.24) is 4.90 Å². The van der Waals surface area contributed by atoms with Gasteiger partial charge in [0.15, 0.2) is 0 Å². The normalized spacial score (nSPS) is 19.0. The molecule has 3 heteroatoms. The number of nitrogens with two attached hydrogens (primary N) is 1. The molecule has 1 amide bonds. The first-order chi connectivity index (χ1) is 7.79. The maximum Gasteiger partial charge on any atom is 0.254 e. The predicted molar refractivity (Wildman–Crippen MR) is 64.2 cm³/mol. The number of unbranched alkanes of at least 4 members (excludes halogenated alkanes) is 1. The predicted octanol–water partition coefficient (Wildman–Crippen LogP) is 1.94. The number of carbonyl (C=O) groups excluding carboxylic acids is 1. The Morgan fingerprint density at radius 1 is 1.38 bits per heavy atom. The SMILES string of the molecule is CCCCN1C(=O)c2ccccc2[C@@H]1CN. The number of carbonyl (C=O) groups is 1. The van der Waals surface area contributed by atoms with Crippen molar-refractivity contribution in [3.05, 3.63) is 35.4 Å². The Kier molecular flexibility index (Phi) is 3.25. The highest BCUT2D eigenvalue weighted by Crippen LogP contribution is 2.32. The van der Waals surface area contributed by atoms with E-state index in [1.54, 1.807) is 0 Å². The van der Waals surface area contributed by atoms with E-state index in [0.29, 0.717) is 6.54 Å². The summed E-state index contributed by atoms with van der Waals surface area (Å²) < 4.78 is 0. The van der Waals surface area contributed by atoms with Crippen LogP contribution < -0.4 is 5.73 Å². The molecule has 1 aromatic carbocycles. The molecule has 0 fully saturated rings. The van der Waals surface area contributed by atoms with Crippen molar-refractivity contribution < 1.29 is 4.79 Å². The summed E-state index contributed by atoms with van der Waals surface area (Å²) in [5.74, 6) is 0.138. The summed E-state index contributed by atoms with van der Waals surface area (Å²) in [4.78, 5) is 14.1. The third-order valence-corrected chi connectivity index (χ3v) is 3.16. The van der Waals surface area contributed by atoms with Crippen LogP contribution in [0.1, 0.15) is 41.7 Å². The quantitative estimate of drug-likeness (QED) is 0.839. The summed E-state index contributed by atoms with van der Waals surface area (Å²) in [6.45, 7) is 3.45. The molecule has 0 saturated heterocycles. The molecule has 3 nitrogen and oxygen atoms in total. The standard InChI is InChI=1S/C13H18N2O/c1-2-3-8-15-12(9-14)10-6-4-5-7-11(10)13(15)16/h4-7,12H,2-3,8-9,14H2,1H3/t12-/m0/s1. The zero-order chi connectivity index (χ0) is 11.5. The number of fused-ring (bicyclic) bond motifs is 1. The van der Waals surface area contributed by atoms with E-state index in [-0.39, 0.29) is 11.9 Å². The van der Waals surface area contributed by atoms with Gasteiger partial charge in [0, 0.05) is 18.7 Å². The van der Waals surface area contributed by atoms with Gasteiger partial charge in [-0.3, -0.25) is 4.79 Å². The summed E-state index contributed by atoms with van der Waals surface area (Å²) in [6.07, 6.45) is 2.13. The van der Waals surface area contributed by atoms with Gasteiger partial charge in [-0.15, -0.1) is 0 Å². The Labute approximate surface area is 96.2 Å². The number of hydrogen-bond donors (Lipinski definition) is 1. The summed E-state index contributed by atoms with van der Waals surface area (Å²) in [5, 5.41) is 0. The average molecular weight is 218 g/mol. The van der Waals surface area contributed by atoms with Gasteiger partial charge in [0.25, 0.3) is 5.91 Å². The van der Waals surface area contributed by atoms with Gasteiger partial charge in [-0.1, -0.05) is 31.5 Å². The largest absolute Gasteiger partial charge is 0.330 e. The molecule has 1 aromatic rings. The van der Waals surface area contributed by atoms with Gasteiger partial charge in [-0.05, 0) is 18.1 Å². The van der Waals surface area contributed by atoms with Crippen LogP contribution in [-0.4, -0.2) is 23.9 Å². The molecule has 2 rings (SSSR count). The second-order valence-corrected chi connectivity index (χ2v) is 4.19. The maximum absolute atomic E-state index is 12.1. The van der Waals surface area contributed by atoms with Gasteiger partial charge in [0.1, 0.15) is 0 Å². The van der Waals surface area contributed by atoms with Gasteiger partial charge >= 0.3 is 0 Å². The second kappa shape index (κ2) is 4.66. The first-order valence-corrected chi connectivity index (χ1v) is 5.89. The summed E-state index contributed by atoms with van der Waals surface area (Å²) in [7, 11) is 0. The van der Waals surface area contributed by atoms with Crippen molar-refractivity contribution in [2.45, 2.75) is 25.8 Å². The number of nitrogens with zero attached hydrogens (tertiary/aromatic N) is 1. The lowest BCUT2D eigenvalue weighted by atomic mass is 10.1. The first-order valence-electron chi connectivity index (χ1n) is 5.89. The Balaban J connectivity index is 2.28. The van der Waals surface area contributed by atoms with E-state index in [0.717, 1.165) is 30.5 Å². The number of rotatable bonds is 4. The Hall–Kier alpha value is -1.35. The highest BCUT2D eigenvalue weighted by Gasteiger charge is 2.34. The second-order valence-electron chi connectivity index (χ2n) is 4.19. The third kappa shape index (κ3) is 1.71. The zero-order valence-electron chi connectivity index (χ0n) is 9.65. The molecule has 0 bridgehead atoms. The molecule has 0 spiro atoms. The first kappa shape index (κ1) is 11.1. The number of benzene rings is 1. The van der Waals surface area contributed by atoms with Gasteiger partial charge in [0.05, 0.1) is 6.04 Å². The van der Waals surface area contributed by atoms with E-state index in [2.05, 4.69) is 6.92 Å². The fraction of sp³-hybridized carbons (Fsp3) is 0.462. The molecule has 0 saturated carbocycles. The van der Waals surface area contributed by atoms with Crippen LogP contribution >= 0.6 is 0 Å². The summed E-state index contributed by atoms with van der Waals surface area (Å²) in [5.41, 5.74) is 7.70. The molecule has 0 aliphatic carbocycles. The lowest BCUT2D eigenvalue weighted by Crippen LogP contribution is -2.33. The van der Waals surface area contributed by atoms with Gasteiger partial charge in [0.2, 0.25) is 0 Å². The smallest absolute Gasteiger partial charge is 0.254 e. The van der Waals surface area contributed by atoms with Crippen molar-refractivity contribution in [1.29, 1.82) is 0 Å². The van der Waals surface area contributed by atoms with Gasteiger partial charge in [-0.2, -0.15) is 0 Å². The highest BCUT2D eigenvalue weighted by atomic mass is 16.2. The molecule has 0 unspecified atom stereocenters. The van der Waals surface area contributed by atoms with Crippen molar-refractivity contribution >= 4 is 5.91 Å². The minimum absolute atomic E-state index is 0.0789. The fourth-order valence-corrected chi connectivity index (χ4v) is 2.29. The monoisotopic (exact) mass is 218 g/mol. The lowest BCUT2D eigenvalue weighted by Gasteiger charge is -2.23. The Morgan fingerprint density at radius 2 is 2.12 bits per heavy atom. The van der Waals surface area contributed by atoms with Crippen LogP contribution in [0.3, 0.4) is 0 Å². The van der Waals surface area contributed by atoms with Crippen LogP contribution in [0.15, 0.2) is 24.3 Å². The maximum atomic E-state index is 12.1. The van der Waals surface area contributed by atoms with Crippen LogP contribution in [0.5, 0.6) is 0 Å². The summed E-state index contributed by atoms with van der Waals surface area (Å²) >= 11 is 0. The topological polar surface area (TPSA) is 46.3 Å². The zero-order valence-corrected chi connectivity index (χ0v) is 9.65. The molecule has 86 valence electrons. The van der Waals surface area contributed by atoms with E-state index in [9.17, 15) is 4.79 Å². The molecular formula is C13H18N2O. The van der Waals surface area contributed by atoms with Crippen molar-refractivity contribution in [2.24, 2.45) is 5.73 Å². The highest BCUT2D eigenvalue weighted by molar-refractivity contribution is 5.99. The Morgan fingerprint density at radius 3 is 2.81 bits per heavy atom.